The highest BCUT2D eigenvalue weighted by Crippen LogP contribution is 2.35. The number of ether oxygens (including phenoxy) is 2. The van der Waals surface area contributed by atoms with Gasteiger partial charge in [-0.2, -0.15) is 4.73 Å². The van der Waals surface area contributed by atoms with Crippen LogP contribution in [-0.2, 0) is 4.74 Å². The van der Waals surface area contributed by atoms with Gasteiger partial charge in [-0.15, -0.1) is 0 Å². The van der Waals surface area contributed by atoms with E-state index in [0.717, 1.165) is 41.2 Å². The zero-order valence-electron chi connectivity index (χ0n) is 19.3. The molecule has 0 saturated carbocycles. The molecule has 34 heavy (non-hydrogen) atoms. The van der Waals surface area contributed by atoms with Gasteiger partial charge >= 0.3 is 0 Å². The summed E-state index contributed by atoms with van der Waals surface area (Å²) in [5.41, 5.74) is 3.38. The molecule has 8 nitrogen and oxygen atoms in total. The Morgan fingerprint density at radius 2 is 2.09 bits per heavy atom. The molecule has 178 valence electrons. The lowest BCUT2D eigenvalue weighted by atomic mass is 9.89. The number of likely N-dealkylation sites (tertiary alicyclic amines) is 1. The number of hydrogen-bond acceptors (Lipinski definition) is 7. The van der Waals surface area contributed by atoms with Crippen molar-refractivity contribution in [3.63, 3.8) is 0 Å². The van der Waals surface area contributed by atoms with Crippen LogP contribution in [0.5, 0.6) is 5.75 Å². The second-order valence-electron chi connectivity index (χ2n) is 8.06. The van der Waals surface area contributed by atoms with E-state index in [9.17, 15) is 10.0 Å². The van der Waals surface area contributed by atoms with E-state index in [1.807, 2.05) is 35.4 Å². The minimum absolute atomic E-state index is 0.0665. The van der Waals surface area contributed by atoms with E-state index in [4.69, 9.17) is 14.5 Å². The van der Waals surface area contributed by atoms with Crippen LogP contribution in [0.2, 0.25) is 0 Å². The summed E-state index contributed by atoms with van der Waals surface area (Å²) < 4.78 is 11.3. The summed E-state index contributed by atoms with van der Waals surface area (Å²) in [5.74, 6) is 1.52. The van der Waals surface area contributed by atoms with Crippen LogP contribution in [0.1, 0.15) is 34.8 Å². The maximum absolute atomic E-state index is 13.1. The van der Waals surface area contributed by atoms with Gasteiger partial charge in [-0.05, 0) is 30.5 Å². The number of benzene rings is 1. The van der Waals surface area contributed by atoms with E-state index in [1.54, 1.807) is 38.1 Å². The van der Waals surface area contributed by atoms with Crippen LogP contribution in [-0.4, -0.2) is 60.4 Å². The number of carbonyl (C=O) groups is 1. The summed E-state index contributed by atoms with van der Waals surface area (Å²) >= 11 is 1.56. The van der Waals surface area contributed by atoms with Crippen molar-refractivity contribution < 1.29 is 19.0 Å². The number of nitrogens with zero attached hydrogens (tertiary/aromatic N) is 4. The highest BCUT2D eigenvalue weighted by atomic mass is 32.2. The van der Waals surface area contributed by atoms with Gasteiger partial charge in [-0.25, -0.2) is 9.97 Å². The van der Waals surface area contributed by atoms with Crippen LogP contribution in [0.15, 0.2) is 60.1 Å². The molecule has 1 aliphatic heterocycles. The molecule has 1 aromatic carbocycles. The average Bonchev–Trinajstić information content (AvgIpc) is 2.89. The van der Waals surface area contributed by atoms with Gasteiger partial charge in [0.15, 0.2) is 17.6 Å². The lowest BCUT2D eigenvalue weighted by molar-refractivity contribution is -0.605. The Morgan fingerprint density at radius 1 is 1.26 bits per heavy atom. The summed E-state index contributed by atoms with van der Waals surface area (Å²) in [6, 6.07) is 11.0. The first-order valence-corrected chi connectivity index (χ1v) is 12.2. The zero-order chi connectivity index (χ0) is 23.9. The van der Waals surface area contributed by atoms with Gasteiger partial charge < -0.3 is 19.6 Å². The van der Waals surface area contributed by atoms with E-state index in [1.165, 1.54) is 12.4 Å². The lowest BCUT2D eigenvalue weighted by Crippen LogP contribution is -2.40. The first kappa shape index (κ1) is 24.0. The van der Waals surface area contributed by atoms with E-state index < -0.39 is 0 Å². The summed E-state index contributed by atoms with van der Waals surface area (Å²) in [6.07, 6.45) is 6.37. The zero-order valence-corrected chi connectivity index (χ0v) is 20.2. The molecule has 1 fully saturated rings. The largest absolute Gasteiger partial charge is 0.619 e. The van der Waals surface area contributed by atoms with Gasteiger partial charge in [0.05, 0.1) is 25.0 Å². The summed E-state index contributed by atoms with van der Waals surface area (Å²) in [7, 11) is 3.32. The van der Waals surface area contributed by atoms with Gasteiger partial charge in [-0.3, -0.25) is 4.79 Å². The second-order valence-corrected chi connectivity index (χ2v) is 9.12. The number of piperidine rings is 1. The van der Waals surface area contributed by atoms with Gasteiger partial charge in [0, 0.05) is 55.8 Å². The van der Waals surface area contributed by atoms with Crippen LogP contribution in [0.3, 0.4) is 0 Å². The number of amides is 1. The predicted octanol–water partition coefficient (Wildman–Crippen LogP) is 3.54. The van der Waals surface area contributed by atoms with Crippen LogP contribution in [0, 0.1) is 5.21 Å². The summed E-state index contributed by atoms with van der Waals surface area (Å²) in [5, 5.41) is 12.1. The molecule has 3 heterocycles. The molecule has 0 bridgehead atoms. The molecule has 1 amide bonds. The molecular weight excluding hydrogens is 452 g/mol. The average molecular weight is 481 g/mol. The molecule has 4 rings (SSSR count). The van der Waals surface area contributed by atoms with Crippen molar-refractivity contribution in [2.45, 2.75) is 23.9 Å². The van der Waals surface area contributed by atoms with Crippen LogP contribution in [0.25, 0.3) is 11.1 Å². The minimum atomic E-state index is -0.0722. The van der Waals surface area contributed by atoms with E-state index in [2.05, 4.69) is 4.98 Å². The second kappa shape index (κ2) is 11.3. The fourth-order valence-electron chi connectivity index (χ4n) is 4.11. The van der Waals surface area contributed by atoms with Crippen LogP contribution < -0.4 is 9.47 Å². The molecular formula is C25H28N4O4S. The fraction of sp³-hybridized carbons (Fsp3) is 0.360. The van der Waals surface area contributed by atoms with Crippen molar-refractivity contribution in [2.75, 3.05) is 39.7 Å². The third-order valence-corrected chi connectivity index (χ3v) is 6.67. The molecule has 0 aliphatic carbocycles. The third kappa shape index (κ3) is 5.66. The number of thioether (sulfide) groups is 1. The quantitative estimate of drug-likeness (QED) is 0.160. The molecule has 1 saturated heterocycles. The molecule has 2 aromatic heterocycles. The first-order valence-electron chi connectivity index (χ1n) is 11.2. The molecule has 9 heteroatoms. The Balaban J connectivity index is 1.64. The standard InChI is InChI=1S/C25H28N4O4S/c1-32-13-14-34-25-26-16-22(19-5-3-7-21(15-19)33-2)23(27-25)20-6-4-10-28(17-20)24(30)18-8-11-29(31)12-9-18/h3,5,7-9,11-12,15-16,20H,4,6,10,13-14,17H2,1-2H3/t20-/m1/s1. The van der Waals surface area contributed by atoms with Crippen molar-refractivity contribution in [1.29, 1.82) is 0 Å². The van der Waals surface area contributed by atoms with Crippen molar-refractivity contribution in [2.24, 2.45) is 0 Å². The van der Waals surface area contributed by atoms with Crippen molar-refractivity contribution in [3.8, 4) is 16.9 Å². The first-order chi connectivity index (χ1) is 16.6. The predicted molar refractivity (Wildman–Crippen MR) is 130 cm³/mol. The number of methoxy groups -OCH3 is 2. The van der Waals surface area contributed by atoms with Crippen molar-refractivity contribution >= 4 is 17.7 Å². The Hall–Kier alpha value is -3.17. The molecule has 1 atom stereocenters. The van der Waals surface area contributed by atoms with Gasteiger partial charge in [-0.1, -0.05) is 23.9 Å². The molecule has 3 aromatic rings. The lowest BCUT2D eigenvalue weighted by Gasteiger charge is -2.33. The molecule has 0 spiro atoms. The number of pyridine rings is 1. The molecule has 1 aliphatic rings. The topological polar surface area (TPSA) is 91.5 Å². The Labute approximate surface area is 203 Å². The number of rotatable bonds is 8. The normalized spacial score (nSPS) is 15.8. The smallest absolute Gasteiger partial charge is 0.254 e. The Bertz CT molecular complexity index is 1130. The fourth-order valence-corrected chi connectivity index (χ4v) is 4.83. The summed E-state index contributed by atoms with van der Waals surface area (Å²) in [6.45, 7) is 1.85. The summed E-state index contributed by atoms with van der Waals surface area (Å²) in [4.78, 5) is 24.5. The van der Waals surface area contributed by atoms with Gasteiger partial charge in [0.2, 0.25) is 0 Å². The Morgan fingerprint density at radius 3 is 2.85 bits per heavy atom. The highest BCUT2D eigenvalue weighted by molar-refractivity contribution is 7.99. The van der Waals surface area contributed by atoms with Gasteiger partial charge in [0.25, 0.3) is 5.91 Å². The van der Waals surface area contributed by atoms with E-state index >= 15 is 0 Å². The third-order valence-electron chi connectivity index (χ3n) is 5.84. The van der Waals surface area contributed by atoms with Gasteiger partial charge in [0.1, 0.15) is 5.75 Å². The van der Waals surface area contributed by atoms with Crippen molar-refractivity contribution in [1.82, 2.24) is 14.9 Å². The highest BCUT2D eigenvalue weighted by Gasteiger charge is 2.29. The Kier molecular flexibility index (Phi) is 7.97. The van der Waals surface area contributed by atoms with E-state index in [-0.39, 0.29) is 11.8 Å². The molecule has 0 unspecified atom stereocenters. The maximum Gasteiger partial charge on any atom is 0.254 e. The maximum atomic E-state index is 13.1. The van der Waals surface area contributed by atoms with Crippen LogP contribution in [0.4, 0.5) is 0 Å². The molecule has 0 radical (unpaired) electrons. The molecule has 0 N–H and O–H groups in total. The van der Waals surface area contributed by atoms with Crippen molar-refractivity contribution in [3.05, 3.63) is 71.5 Å². The monoisotopic (exact) mass is 480 g/mol. The number of hydrogen-bond donors (Lipinski definition) is 0. The SMILES string of the molecule is COCCSc1ncc(-c2cccc(OC)c2)c([C@@H]2CCCN(C(=O)c3cc[n+]([O-])cc3)C2)n1. The minimum Gasteiger partial charge on any atom is -0.619 e. The van der Waals surface area contributed by atoms with E-state index in [0.29, 0.717) is 35.1 Å². The number of carbonyl (C=O) groups excluding carboxylic acids is 1. The number of aromatic nitrogens is 3. The van der Waals surface area contributed by atoms with Crippen LogP contribution >= 0.6 is 11.8 Å².